The van der Waals surface area contributed by atoms with Gasteiger partial charge in [-0.15, -0.1) is 10.2 Å². The molecule has 2 aromatic carbocycles. The van der Waals surface area contributed by atoms with Crippen molar-refractivity contribution < 1.29 is 14.3 Å². The van der Waals surface area contributed by atoms with Crippen LogP contribution in [0.25, 0.3) is 0 Å². The van der Waals surface area contributed by atoms with E-state index in [1.807, 2.05) is 32.0 Å². The van der Waals surface area contributed by atoms with Crippen molar-refractivity contribution in [2.75, 3.05) is 26.8 Å². The first-order valence-electron chi connectivity index (χ1n) is 11.4. The van der Waals surface area contributed by atoms with E-state index in [9.17, 15) is 4.79 Å². The number of rotatable bonds is 8. The lowest BCUT2D eigenvalue weighted by molar-refractivity contribution is 0.0937. The third kappa shape index (κ3) is 5.34. The Morgan fingerprint density at radius 2 is 1.97 bits per heavy atom. The Morgan fingerprint density at radius 1 is 1.12 bits per heavy atom. The molecular weight excluding hydrogens is 418 g/mol. The predicted octanol–water partition coefficient (Wildman–Crippen LogP) is 3.23. The average molecular weight is 450 g/mol. The van der Waals surface area contributed by atoms with Crippen LogP contribution in [0.3, 0.4) is 0 Å². The second kappa shape index (κ2) is 10.5. The Kier molecular flexibility index (Phi) is 7.24. The Balaban J connectivity index is 1.42. The van der Waals surface area contributed by atoms with Gasteiger partial charge < -0.3 is 19.4 Å². The second-order valence-electron chi connectivity index (χ2n) is 8.12. The number of hydrogen-bond donors (Lipinski definition) is 1. The molecule has 8 nitrogen and oxygen atoms in total. The lowest BCUT2D eigenvalue weighted by atomic mass is 10.2. The summed E-state index contributed by atoms with van der Waals surface area (Å²) in [5.41, 5.74) is 1.74. The fourth-order valence-electron chi connectivity index (χ4n) is 4.15. The van der Waals surface area contributed by atoms with Gasteiger partial charge in [0.05, 0.1) is 19.8 Å². The van der Waals surface area contributed by atoms with Gasteiger partial charge in [0.25, 0.3) is 5.91 Å². The zero-order valence-corrected chi connectivity index (χ0v) is 19.5. The molecule has 4 rings (SSSR count). The molecule has 3 aromatic rings. The van der Waals surface area contributed by atoms with Crippen molar-refractivity contribution in [1.29, 1.82) is 0 Å². The molecule has 0 spiro atoms. The second-order valence-corrected chi connectivity index (χ2v) is 8.12. The molecule has 0 fully saturated rings. The minimum atomic E-state index is -0.268. The number of amides is 1. The molecule has 1 aliphatic heterocycles. The summed E-state index contributed by atoms with van der Waals surface area (Å²) >= 11 is 0. The molecule has 0 radical (unpaired) electrons. The van der Waals surface area contributed by atoms with Gasteiger partial charge in [0.1, 0.15) is 17.3 Å². The van der Waals surface area contributed by atoms with Crippen molar-refractivity contribution in [2.45, 2.75) is 39.4 Å². The van der Waals surface area contributed by atoms with E-state index < -0.39 is 0 Å². The summed E-state index contributed by atoms with van der Waals surface area (Å²) in [7, 11) is 1.59. The topological polar surface area (TPSA) is 81.5 Å². The standard InChI is InChI=1S/C25H31N5O3/c1-4-33-22-11-6-5-8-20(22)17-29-13-12-23-27-28-24(30(23)15-14-29)18(2)26-25(31)19-9-7-10-21(16-19)32-3/h5-11,16,18H,4,12-15,17H2,1-3H3,(H,26,31). The van der Waals surface area contributed by atoms with Gasteiger partial charge >= 0.3 is 0 Å². The first kappa shape index (κ1) is 22.8. The number of methoxy groups -OCH3 is 1. The van der Waals surface area contributed by atoms with Gasteiger partial charge in [-0.1, -0.05) is 24.3 Å². The highest BCUT2D eigenvalue weighted by Crippen LogP contribution is 2.22. The van der Waals surface area contributed by atoms with Crippen LogP contribution in [0.1, 0.15) is 47.5 Å². The van der Waals surface area contributed by atoms with Crippen LogP contribution in [0.15, 0.2) is 48.5 Å². The van der Waals surface area contributed by atoms with E-state index >= 15 is 0 Å². The van der Waals surface area contributed by atoms with Crippen molar-refractivity contribution in [1.82, 2.24) is 25.0 Å². The summed E-state index contributed by atoms with van der Waals surface area (Å²) < 4.78 is 13.2. The molecule has 33 heavy (non-hydrogen) atoms. The Hall–Kier alpha value is -3.39. The smallest absolute Gasteiger partial charge is 0.251 e. The summed E-state index contributed by atoms with van der Waals surface area (Å²) in [5.74, 6) is 3.16. The van der Waals surface area contributed by atoms with Gasteiger partial charge in [0, 0.05) is 43.7 Å². The van der Waals surface area contributed by atoms with E-state index in [-0.39, 0.29) is 11.9 Å². The maximum absolute atomic E-state index is 12.8. The van der Waals surface area contributed by atoms with Crippen LogP contribution in [0.5, 0.6) is 11.5 Å². The quantitative estimate of drug-likeness (QED) is 0.569. The number of nitrogens with one attached hydrogen (secondary N) is 1. The van der Waals surface area contributed by atoms with Crippen molar-refractivity contribution in [2.24, 2.45) is 0 Å². The number of para-hydroxylation sites is 1. The van der Waals surface area contributed by atoms with Crippen LogP contribution in [-0.2, 0) is 19.5 Å². The number of benzene rings is 2. The van der Waals surface area contributed by atoms with Gasteiger partial charge in [0.15, 0.2) is 5.82 Å². The number of hydrogen-bond acceptors (Lipinski definition) is 6. The largest absolute Gasteiger partial charge is 0.497 e. The molecule has 1 aromatic heterocycles. The summed E-state index contributed by atoms with van der Waals surface area (Å²) in [4.78, 5) is 15.2. The van der Waals surface area contributed by atoms with Crippen LogP contribution in [0.4, 0.5) is 0 Å². The highest BCUT2D eigenvalue weighted by molar-refractivity contribution is 5.94. The number of aromatic nitrogens is 3. The highest BCUT2D eigenvalue weighted by Gasteiger charge is 2.23. The zero-order valence-electron chi connectivity index (χ0n) is 19.5. The van der Waals surface area contributed by atoms with E-state index in [1.165, 1.54) is 5.56 Å². The van der Waals surface area contributed by atoms with Crippen molar-refractivity contribution in [3.63, 3.8) is 0 Å². The molecule has 1 aliphatic rings. The maximum Gasteiger partial charge on any atom is 0.251 e. The predicted molar refractivity (Wildman–Crippen MR) is 125 cm³/mol. The van der Waals surface area contributed by atoms with E-state index in [1.54, 1.807) is 25.3 Å². The van der Waals surface area contributed by atoms with E-state index in [0.29, 0.717) is 17.9 Å². The summed E-state index contributed by atoms with van der Waals surface area (Å²) in [6, 6.07) is 15.1. The van der Waals surface area contributed by atoms with Crippen LogP contribution in [-0.4, -0.2) is 52.4 Å². The lowest BCUT2D eigenvalue weighted by Crippen LogP contribution is -2.30. The number of ether oxygens (including phenoxy) is 2. The summed E-state index contributed by atoms with van der Waals surface area (Å²) in [6.07, 6.45) is 0.806. The summed E-state index contributed by atoms with van der Waals surface area (Å²) in [5, 5.41) is 11.9. The normalized spacial score (nSPS) is 14.8. The first-order valence-corrected chi connectivity index (χ1v) is 11.4. The van der Waals surface area contributed by atoms with Crippen molar-refractivity contribution in [3.8, 4) is 11.5 Å². The molecule has 0 saturated carbocycles. The SMILES string of the molecule is CCOc1ccccc1CN1CCc2nnc(C(C)NC(=O)c3cccc(OC)c3)n2CC1. The molecule has 0 saturated heterocycles. The zero-order chi connectivity index (χ0) is 23.2. The van der Waals surface area contributed by atoms with Gasteiger partial charge in [-0.05, 0) is 38.1 Å². The van der Waals surface area contributed by atoms with Gasteiger partial charge in [-0.2, -0.15) is 0 Å². The van der Waals surface area contributed by atoms with Crippen LogP contribution in [0.2, 0.25) is 0 Å². The number of fused-ring (bicyclic) bond motifs is 1. The molecule has 1 atom stereocenters. The average Bonchev–Trinajstić information content (AvgIpc) is 3.14. The van der Waals surface area contributed by atoms with E-state index in [4.69, 9.17) is 9.47 Å². The fourth-order valence-corrected chi connectivity index (χ4v) is 4.15. The number of carbonyl (C=O) groups is 1. The molecule has 1 amide bonds. The molecular formula is C25H31N5O3. The van der Waals surface area contributed by atoms with Gasteiger partial charge in [-0.3, -0.25) is 9.69 Å². The first-order chi connectivity index (χ1) is 16.1. The molecule has 174 valence electrons. The van der Waals surface area contributed by atoms with Crippen LogP contribution < -0.4 is 14.8 Å². The number of nitrogens with zero attached hydrogens (tertiary/aromatic N) is 4. The van der Waals surface area contributed by atoms with Crippen molar-refractivity contribution in [3.05, 3.63) is 71.3 Å². The molecule has 0 aliphatic carbocycles. The Bertz CT molecular complexity index is 1100. The van der Waals surface area contributed by atoms with Crippen LogP contribution >= 0.6 is 0 Å². The third-order valence-corrected chi connectivity index (χ3v) is 5.88. The van der Waals surface area contributed by atoms with E-state index in [2.05, 4.69) is 37.1 Å². The molecule has 1 unspecified atom stereocenters. The monoisotopic (exact) mass is 449 g/mol. The lowest BCUT2D eigenvalue weighted by Gasteiger charge is -2.21. The van der Waals surface area contributed by atoms with Gasteiger partial charge in [-0.25, -0.2) is 0 Å². The number of carbonyl (C=O) groups excluding carboxylic acids is 1. The van der Waals surface area contributed by atoms with Gasteiger partial charge in [0.2, 0.25) is 0 Å². The van der Waals surface area contributed by atoms with Crippen LogP contribution in [0, 0.1) is 0 Å². The van der Waals surface area contributed by atoms with Crippen molar-refractivity contribution >= 4 is 5.91 Å². The summed E-state index contributed by atoms with van der Waals surface area (Å²) in [6.45, 7) is 7.96. The highest BCUT2D eigenvalue weighted by atomic mass is 16.5. The molecule has 2 heterocycles. The molecule has 1 N–H and O–H groups in total. The Morgan fingerprint density at radius 3 is 2.79 bits per heavy atom. The molecule has 8 heteroatoms. The Labute approximate surface area is 194 Å². The minimum absolute atomic E-state index is 0.165. The third-order valence-electron chi connectivity index (χ3n) is 5.88. The fraction of sp³-hybridized carbons (Fsp3) is 0.400. The van der Waals surface area contributed by atoms with E-state index in [0.717, 1.165) is 50.0 Å². The molecule has 0 bridgehead atoms. The minimum Gasteiger partial charge on any atom is -0.497 e. The maximum atomic E-state index is 12.8.